The number of hydrogen-bond acceptors (Lipinski definition) is 16. The molecular weight excluding hydrogens is 717 g/mol. The quantitative estimate of drug-likeness (QED) is 0.0615. The Hall–Kier alpha value is -2.86. The number of phosphoric acid groups is 3. The summed E-state index contributed by atoms with van der Waals surface area (Å²) in [5, 5.41) is 31.9. The minimum atomic E-state index is -5.65. The fourth-order valence-electron chi connectivity index (χ4n) is 4.86. The van der Waals surface area contributed by atoms with E-state index in [9.17, 15) is 58.2 Å². The van der Waals surface area contributed by atoms with Crippen LogP contribution in [0.4, 0.5) is 0 Å². The lowest BCUT2D eigenvalue weighted by molar-refractivity contribution is -0.765. The van der Waals surface area contributed by atoms with Crippen LogP contribution in [0, 0.1) is 0 Å². The van der Waals surface area contributed by atoms with Crippen LogP contribution < -0.4 is 15.9 Å². The first-order chi connectivity index (χ1) is 22.4. The van der Waals surface area contributed by atoms with Gasteiger partial charge in [0.2, 0.25) is 0 Å². The summed E-state index contributed by atoms with van der Waals surface area (Å²) in [6.45, 7) is -2.07. The van der Waals surface area contributed by atoms with Crippen LogP contribution in [0.1, 0.15) is 22.8 Å². The topological polar surface area (TPSA) is 359 Å². The molecular formula is C21H28N6O18P3+. The van der Waals surface area contributed by atoms with Crippen LogP contribution in [-0.4, -0.2) is 110 Å². The van der Waals surface area contributed by atoms with Gasteiger partial charge in [-0.1, -0.05) is 0 Å². The van der Waals surface area contributed by atoms with Crippen LogP contribution in [0.5, 0.6) is 0 Å². The number of phosphoric ester groups is 2. The molecule has 2 saturated heterocycles. The summed E-state index contributed by atoms with van der Waals surface area (Å²) >= 11 is 0. The molecule has 0 radical (unpaired) electrons. The first-order valence-corrected chi connectivity index (χ1v) is 17.8. The smallest absolute Gasteiger partial charge is 0.387 e. The van der Waals surface area contributed by atoms with Gasteiger partial charge >= 0.3 is 23.5 Å². The number of carbonyl (C=O) groups excluding carboxylic acids is 1. The summed E-state index contributed by atoms with van der Waals surface area (Å²) < 4.78 is 69.0. The number of ether oxygens (including phenoxy) is 2. The van der Waals surface area contributed by atoms with Crippen LogP contribution in [-0.2, 0) is 41.1 Å². The van der Waals surface area contributed by atoms with Crippen molar-refractivity contribution >= 4 is 40.5 Å². The summed E-state index contributed by atoms with van der Waals surface area (Å²) in [4.78, 5) is 71.3. The zero-order valence-electron chi connectivity index (χ0n) is 23.8. The van der Waals surface area contributed by atoms with Crippen LogP contribution in [0.25, 0.3) is 11.2 Å². The van der Waals surface area contributed by atoms with Crippen molar-refractivity contribution in [2.45, 2.75) is 49.1 Å². The van der Waals surface area contributed by atoms with Crippen LogP contribution in [0.15, 0.2) is 42.0 Å². The van der Waals surface area contributed by atoms with Gasteiger partial charge in [-0.3, -0.25) is 27.7 Å². The third-order valence-electron chi connectivity index (χ3n) is 6.95. The van der Waals surface area contributed by atoms with Gasteiger partial charge in [0.1, 0.15) is 36.1 Å². The number of nitrogens with zero attached hydrogens (tertiary/aromatic N) is 4. The second-order valence-corrected chi connectivity index (χ2v) is 14.5. The molecule has 3 aromatic heterocycles. The van der Waals surface area contributed by atoms with Crippen LogP contribution in [0.3, 0.4) is 0 Å². The number of H-pyrrole nitrogens is 1. The number of aromatic nitrogens is 5. The molecule has 2 aliphatic heterocycles. The van der Waals surface area contributed by atoms with Gasteiger partial charge in [-0.2, -0.15) is 8.88 Å². The Morgan fingerprint density at radius 1 is 1.00 bits per heavy atom. The molecule has 0 aromatic carbocycles. The van der Waals surface area contributed by atoms with Crippen molar-refractivity contribution in [1.29, 1.82) is 0 Å². The highest BCUT2D eigenvalue weighted by Gasteiger charge is 2.52. The second kappa shape index (κ2) is 13.8. The lowest BCUT2D eigenvalue weighted by atomic mass is 10.1. The van der Waals surface area contributed by atoms with E-state index in [1.165, 1.54) is 29.1 Å². The molecule has 5 rings (SSSR count). The van der Waals surface area contributed by atoms with Gasteiger partial charge in [0.25, 0.3) is 17.7 Å². The lowest BCUT2D eigenvalue weighted by Crippen LogP contribution is -2.46. The van der Waals surface area contributed by atoms with Gasteiger partial charge in [0.15, 0.2) is 35.9 Å². The molecule has 0 saturated carbocycles. The van der Waals surface area contributed by atoms with E-state index in [2.05, 4.69) is 19.3 Å². The number of pyridine rings is 1. The maximum atomic E-state index is 13.4. The Morgan fingerprint density at radius 3 is 2.29 bits per heavy atom. The van der Waals surface area contributed by atoms with Gasteiger partial charge < -0.3 is 55.1 Å². The molecule has 264 valence electrons. The Kier molecular flexibility index (Phi) is 10.5. The van der Waals surface area contributed by atoms with Gasteiger partial charge in [-0.05, 0) is 6.07 Å². The summed E-state index contributed by atoms with van der Waals surface area (Å²) in [6, 6.07) is 2.76. The number of nitrogens with one attached hydrogen (secondary N) is 1. The van der Waals surface area contributed by atoms with E-state index in [0.717, 1.165) is 17.2 Å². The fourth-order valence-corrected chi connectivity index (χ4v) is 7.55. The average Bonchev–Trinajstić information content (AvgIpc) is 3.64. The summed E-state index contributed by atoms with van der Waals surface area (Å²) in [7, 11) is -16.4. The van der Waals surface area contributed by atoms with Crippen LogP contribution in [0.2, 0.25) is 0 Å². The number of carbonyl (C=O) groups is 1. The van der Waals surface area contributed by atoms with Crippen LogP contribution >= 0.6 is 23.5 Å². The number of aliphatic hydroxyl groups is 3. The SMILES string of the molecule is NC(=O)c1ccc[n+](C2OC(COP(=O)(OCC3OC(n4cnc5c(=O)[nH]cnc54)C(OP(=O)(O)O)C3O)OP(=O)(O)O)C(O)C2O)c1. The zero-order chi connectivity index (χ0) is 35.2. The van der Waals surface area contributed by atoms with E-state index in [1.54, 1.807) is 0 Å². The Balaban J connectivity index is 1.32. The maximum absolute atomic E-state index is 13.4. The van der Waals surface area contributed by atoms with Gasteiger partial charge in [-0.25, -0.2) is 23.7 Å². The Bertz CT molecular complexity index is 1860. The van der Waals surface area contributed by atoms with Gasteiger partial charge in [-0.15, -0.1) is 0 Å². The van der Waals surface area contributed by atoms with Crippen molar-refractivity contribution in [1.82, 2.24) is 19.5 Å². The molecule has 2 fully saturated rings. The van der Waals surface area contributed by atoms with E-state index in [1.807, 2.05) is 0 Å². The molecule has 0 aliphatic carbocycles. The van der Waals surface area contributed by atoms with Crippen molar-refractivity contribution in [3.63, 3.8) is 0 Å². The number of fused-ring (bicyclic) bond motifs is 1. The van der Waals surface area contributed by atoms with Gasteiger partial charge in [0, 0.05) is 6.07 Å². The van der Waals surface area contributed by atoms with E-state index >= 15 is 0 Å². The monoisotopic (exact) mass is 745 g/mol. The molecule has 3 aromatic rings. The third kappa shape index (κ3) is 8.12. The van der Waals surface area contributed by atoms with E-state index in [4.69, 9.17) is 28.8 Å². The first-order valence-electron chi connectivity index (χ1n) is 13.3. The number of aliphatic hydroxyl groups excluding tert-OH is 3. The number of nitrogens with two attached hydrogens (primary N) is 1. The number of imidazole rings is 1. The number of primary amides is 1. The molecule has 9 unspecified atom stereocenters. The largest absolute Gasteiger partial charge is 0.483 e. The van der Waals surface area contributed by atoms with Crippen molar-refractivity contribution in [3.8, 4) is 0 Å². The van der Waals surface area contributed by atoms with Gasteiger partial charge in [0.05, 0.1) is 25.9 Å². The fraction of sp³-hybridized carbons (Fsp3) is 0.476. The highest BCUT2D eigenvalue weighted by molar-refractivity contribution is 7.61. The molecule has 0 bridgehead atoms. The molecule has 5 heterocycles. The second-order valence-electron chi connectivity index (χ2n) is 10.2. The van der Waals surface area contributed by atoms with Crippen molar-refractivity contribution in [3.05, 3.63) is 53.1 Å². The van der Waals surface area contributed by atoms with Crippen molar-refractivity contribution in [2.24, 2.45) is 5.73 Å². The Morgan fingerprint density at radius 2 is 1.67 bits per heavy atom. The minimum absolute atomic E-state index is 0.0218. The third-order valence-corrected chi connectivity index (χ3v) is 10.0. The van der Waals surface area contributed by atoms with E-state index in [0.29, 0.717) is 0 Å². The molecule has 1 amide bonds. The molecule has 24 nitrogen and oxygen atoms in total. The van der Waals surface area contributed by atoms with E-state index < -0.39 is 97.2 Å². The number of hydrogen-bond donors (Lipinski definition) is 9. The molecule has 10 N–H and O–H groups in total. The summed E-state index contributed by atoms with van der Waals surface area (Å²) in [5.41, 5.74) is 4.21. The zero-order valence-corrected chi connectivity index (χ0v) is 26.5. The molecule has 0 spiro atoms. The number of amides is 1. The minimum Gasteiger partial charge on any atom is -0.387 e. The molecule has 27 heteroatoms. The standard InChI is InChI=1S/C21H27N6O18P3/c22-17(31)9-2-1-3-26(4-9)20-15(30)13(28)10(42-20)5-40-48(39,45-47(36,37)38)41-6-11-14(29)16(44-46(33,34)35)21(43-11)27-8-25-12-18(27)23-7-24-19(12)32/h1-4,7-8,10-11,13-16,20-21,28-30H,5-6H2,(H6-,22,23,24,31,32,33,34,35,36,37,38)/p+1. The Labute approximate surface area is 266 Å². The maximum Gasteiger partial charge on any atom is 0.483 e. The van der Waals surface area contributed by atoms with Crippen molar-refractivity contribution < 1.29 is 85.3 Å². The normalized spacial score (nSPS) is 29.3. The predicted octanol–water partition coefficient (Wildman–Crippen LogP) is -3.19. The molecule has 9 atom stereocenters. The summed E-state index contributed by atoms with van der Waals surface area (Å²) in [5.74, 6) is -0.808. The number of rotatable bonds is 13. The number of aromatic amines is 1. The lowest BCUT2D eigenvalue weighted by Gasteiger charge is -2.23. The summed E-state index contributed by atoms with van der Waals surface area (Å²) in [6.07, 6.45) is -9.03. The van der Waals surface area contributed by atoms with E-state index in [-0.39, 0.29) is 16.7 Å². The van der Waals surface area contributed by atoms with Crippen molar-refractivity contribution in [2.75, 3.05) is 13.2 Å². The first kappa shape index (κ1) is 36.4. The highest BCUT2D eigenvalue weighted by atomic mass is 31.3. The molecule has 48 heavy (non-hydrogen) atoms. The molecule has 2 aliphatic rings. The average molecular weight is 745 g/mol. The highest BCUT2D eigenvalue weighted by Crippen LogP contribution is 2.61. The predicted molar refractivity (Wildman–Crippen MR) is 149 cm³/mol.